The number of ether oxygens (including phenoxy) is 1. The highest BCUT2D eigenvalue weighted by molar-refractivity contribution is 5.95. The number of benzene rings is 1. The van der Waals surface area contributed by atoms with Crippen LogP contribution in [0.25, 0.3) is 16.6 Å². The van der Waals surface area contributed by atoms with E-state index in [9.17, 15) is 4.79 Å². The fourth-order valence-electron chi connectivity index (χ4n) is 2.08. The molecule has 0 amide bonds. The van der Waals surface area contributed by atoms with Crippen LogP contribution in [0.5, 0.6) is 0 Å². The summed E-state index contributed by atoms with van der Waals surface area (Å²) in [5, 5.41) is 13.0. The summed E-state index contributed by atoms with van der Waals surface area (Å²) in [6, 6.07) is 7.50. The molecule has 2 N–H and O–H groups in total. The maximum Gasteiger partial charge on any atom is 0.343 e. The molecular weight excluding hydrogens is 270 g/mol. The molecule has 0 unspecified atom stereocenters. The maximum absolute atomic E-state index is 11.8. The molecule has 2 aromatic heterocycles. The molecular formula is C14H13N5O2. The van der Waals surface area contributed by atoms with Gasteiger partial charge in [0.05, 0.1) is 30.2 Å². The number of carbonyl (C=O) groups is 1. The Morgan fingerprint density at radius 1 is 1.33 bits per heavy atom. The molecule has 0 aliphatic carbocycles. The monoisotopic (exact) mass is 283 g/mol. The first-order valence-corrected chi connectivity index (χ1v) is 6.43. The van der Waals surface area contributed by atoms with Crippen molar-refractivity contribution in [1.29, 1.82) is 0 Å². The van der Waals surface area contributed by atoms with Gasteiger partial charge in [0, 0.05) is 5.39 Å². The zero-order valence-electron chi connectivity index (χ0n) is 11.4. The van der Waals surface area contributed by atoms with Crippen LogP contribution >= 0.6 is 0 Å². The summed E-state index contributed by atoms with van der Waals surface area (Å²) < 4.78 is 6.41. The van der Waals surface area contributed by atoms with E-state index >= 15 is 0 Å². The molecule has 3 aromatic rings. The van der Waals surface area contributed by atoms with Crippen LogP contribution in [0.4, 0.5) is 5.82 Å². The SMILES string of the molecule is CCOC(=O)c1cnn(-c2cnnc3ccccc23)c1N. The van der Waals surface area contributed by atoms with Crippen molar-refractivity contribution in [1.82, 2.24) is 20.0 Å². The van der Waals surface area contributed by atoms with Gasteiger partial charge in [-0.2, -0.15) is 15.3 Å². The van der Waals surface area contributed by atoms with E-state index in [1.807, 2.05) is 24.3 Å². The van der Waals surface area contributed by atoms with Crippen molar-refractivity contribution in [2.45, 2.75) is 6.92 Å². The molecule has 1 aromatic carbocycles. The van der Waals surface area contributed by atoms with E-state index in [0.717, 1.165) is 10.9 Å². The zero-order valence-corrected chi connectivity index (χ0v) is 11.4. The number of rotatable bonds is 3. The normalized spacial score (nSPS) is 10.7. The standard InChI is InChI=1S/C14H13N5O2/c1-2-21-14(20)10-7-17-19(13(10)15)12-8-16-18-11-6-4-3-5-9(11)12/h3-8H,2,15H2,1H3. The largest absolute Gasteiger partial charge is 0.462 e. The number of nitrogens with two attached hydrogens (primary N) is 1. The summed E-state index contributed by atoms with van der Waals surface area (Å²) in [4.78, 5) is 11.8. The molecule has 7 heteroatoms. The van der Waals surface area contributed by atoms with Gasteiger partial charge >= 0.3 is 5.97 Å². The van der Waals surface area contributed by atoms with E-state index in [1.165, 1.54) is 10.9 Å². The smallest absolute Gasteiger partial charge is 0.343 e. The second-order valence-electron chi connectivity index (χ2n) is 4.32. The van der Waals surface area contributed by atoms with Gasteiger partial charge in [0.25, 0.3) is 0 Å². The Kier molecular flexibility index (Phi) is 3.23. The molecule has 0 spiro atoms. The Balaban J connectivity index is 2.14. The van der Waals surface area contributed by atoms with Gasteiger partial charge in [-0.15, -0.1) is 0 Å². The minimum Gasteiger partial charge on any atom is -0.462 e. The summed E-state index contributed by atoms with van der Waals surface area (Å²) in [5.41, 5.74) is 7.63. The van der Waals surface area contributed by atoms with Gasteiger partial charge in [0.1, 0.15) is 11.4 Å². The lowest BCUT2D eigenvalue weighted by atomic mass is 10.2. The molecule has 0 fully saturated rings. The minimum absolute atomic E-state index is 0.214. The fourth-order valence-corrected chi connectivity index (χ4v) is 2.08. The van der Waals surface area contributed by atoms with Crippen LogP contribution in [0, 0.1) is 0 Å². The first-order chi connectivity index (χ1) is 10.2. The van der Waals surface area contributed by atoms with Gasteiger partial charge in [-0.25, -0.2) is 9.48 Å². The first-order valence-electron chi connectivity index (χ1n) is 6.43. The van der Waals surface area contributed by atoms with Crippen molar-refractivity contribution in [3.05, 3.63) is 42.2 Å². The van der Waals surface area contributed by atoms with Crippen LogP contribution in [-0.4, -0.2) is 32.6 Å². The third-order valence-electron chi connectivity index (χ3n) is 3.06. The van der Waals surface area contributed by atoms with E-state index < -0.39 is 5.97 Å². The summed E-state index contributed by atoms with van der Waals surface area (Å²) in [7, 11) is 0. The van der Waals surface area contributed by atoms with Gasteiger partial charge in [0.15, 0.2) is 0 Å². The molecule has 21 heavy (non-hydrogen) atoms. The predicted octanol–water partition coefficient (Wildman–Crippen LogP) is 1.57. The quantitative estimate of drug-likeness (QED) is 0.733. The molecule has 0 saturated heterocycles. The van der Waals surface area contributed by atoms with Gasteiger partial charge in [-0.05, 0) is 13.0 Å². The molecule has 0 saturated carbocycles. The number of hydrogen-bond acceptors (Lipinski definition) is 6. The second kappa shape index (κ2) is 5.20. The molecule has 0 aliphatic rings. The average Bonchev–Trinajstić information content (AvgIpc) is 2.88. The van der Waals surface area contributed by atoms with Gasteiger partial charge < -0.3 is 10.5 Å². The topological polar surface area (TPSA) is 95.9 Å². The van der Waals surface area contributed by atoms with Crippen molar-refractivity contribution in [2.24, 2.45) is 0 Å². The van der Waals surface area contributed by atoms with E-state index in [1.54, 1.807) is 13.1 Å². The molecule has 0 aliphatic heterocycles. The maximum atomic E-state index is 11.8. The molecule has 0 atom stereocenters. The molecule has 3 rings (SSSR count). The van der Waals surface area contributed by atoms with Gasteiger partial charge in [0.2, 0.25) is 0 Å². The van der Waals surface area contributed by atoms with Crippen molar-refractivity contribution < 1.29 is 9.53 Å². The molecule has 106 valence electrons. The van der Waals surface area contributed by atoms with E-state index in [2.05, 4.69) is 15.3 Å². The van der Waals surface area contributed by atoms with Crippen LogP contribution in [0.15, 0.2) is 36.7 Å². The van der Waals surface area contributed by atoms with E-state index in [0.29, 0.717) is 5.69 Å². The van der Waals surface area contributed by atoms with Crippen LogP contribution < -0.4 is 5.73 Å². The summed E-state index contributed by atoms with van der Waals surface area (Å²) >= 11 is 0. The highest BCUT2D eigenvalue weighted by Gasteiger charge is 2.18. The van der Waals surface area contributed by atoms with Crippen LogP contribution in [0.2, 0.25) is 0 Å². The number of carbonyl (C=O) groups excluding carboxylic acids is 1. The Morgan fingerprint density at radius 3 is 2.95 bits per heavy atom. The van der Waals surface area contributed by atoms with Gasteiger partial charge in [-0.1, -0.05) is 18.2 Å². The van der Waals surface area contributed by atoms with Crippen LogP contribution in [-0.2, 0) is 4.74 Å². The molecule has 0 bridgehead atoms. The minimum atomic E-state index is -0.493. The van der Waals surface area contributed by atoms with Crippen LogP contribution in [0.3, 0.4) is 0 Å². The van der Waals surface area contributed by atoms with Crippen LogP contribution in [0.1, 0.15) is 17.3 Å². The number of anilines is 1. The summed E-state index contributed by atoms with van der Waals surface area (Å²) in [6.45, 7) is 2.02. The Morgan fingerprint density at radius 2 is 2.14 bits per heavy atom. The Bertz CT molecular complexity index is 807. The van der Waals surface area contributed by atoms with Crippen molar-refractivity contribution in [2.75, 3.05) is 12.3 Å². The Hall–Kier alpha value is -2.96. The van der Waals surface area contributed by atoms with Crippen molar-refractivity contribution in [3.8, 4) is 5.69 Å². The predicted molar refractivity (Wildman–Crippen MR) is 77.0 cm³/mol. The summed E-state index contributed by atoms with van der Waals surface area (Å²) in [5.74, 6) is -0.279. The number of esters is 1. The van der Waals surface area contributed by atoms with E-state index in [4.69, 9.17) is 10.5 Å². The highest BCUT2D eigenvalue weighted by Crippen LogP contribution is 2.23. The lowest BCUT2D eigenvalue weighted by Gasteiger charge is -2.07. The number of hydrogen-bond donors (Lipinski definition) is 1. The lowest BCUT2D eigenvalue weighted by Crippen LogP contribution is -2.09. The molecule has 7 nitrogen and oxygen atoms in total. The van der Waals surface area contributed by atoms with Gasteiger partial charge in [-0.3, -0.25) is 0 Å². The zero-order chi connectivity index (χ0) is 14.8. The highest BCUT2D eigenvalue weighted by atomic mass is 16.5. The van der Waals surface area contributed by atoms with Crippen molar-refractivity contribution >= 4 is 22.7 Å². The molecule has 0 radical (unpaired) electrons. The lowest BCUT2D eigenvalue weighted by molar-refractivity contribution is 0.0527. The Labute approximate surface area is 120 Å². The van der Waals surface area contributed by atoms with Crippen molar-refractivity contribution in [3.63, 3.8) is 0 Å². The molecule has 2 heterocycles. The summed E-state index contributed by atoms with van der Waals surface area (Å²) in [6.07, 6.45) is 2.95. The first kappa shape index (κ1) is 13.0. The number of nitrogens with zero attached hydrogens (tertiary/aromatic N) is 4. The number of nitrogen functional groups attached to an aromatic ring is 1. The number of aromatic nitrogens is 4. The fraction of sp³-hybridized carbons (Fsp3) is 0.143. The third kappa shape index (κ3) is 2.18. The van der Waals surface area contributed by atoms with E-state index in [-0.39, 0.29) is 18.0 Å². The number of fused-ring (bicyclic) bond motifs is 1. The third-order valence-corrected chi connectivity index (χ3v) is 3.06. The second-order valence-corrected chi connectivity index (χ2v) is 4.32. The average molecular weight is 283 g/mol.